The molecule has 9 nitrogen and oxygen atoms in total. The summed E-state index contributed by atoms with van der Waals surface area (Å²) in [5.74, 6) is 0.346. The highest BCUT2D eigenvalue weighted by atomic mass is 32.2. The molecule has 0 aliphatic carbocycles. The second-order valence-electron chi connectivity index (χ2n) is 6.53. The minimum Gasteiger partial charge on any atom is -0.493 e. The Morgan fingerprint density at radius 3 is 2.72 bits per heavy atom. The topological polar surface area (TPSA) is 111 Å². The van der Waals surface area contributed by atoms with E-state index >= 15 is 0 Å². The van der Waals surface area contributed by atoms with Gasteiger partial charge in [-0.15, -0.1) is 10.2 Å². The fourth-order valence-electron chi connectivity index (χ4n) is 3.21. The number of aryl methyl sites for hydroxylation is 1. The first-order valence-electron chi connectivity index (χ1n) is 9.27. The van der Waals surface area contributed by atoms with Gasteiger partial charge in [-0.2, -0.15) is 4.31 Å². The lowest BCUT2D eigenvalue weighted by Gasteiger charge is -2.23. The Morgan fingerprint density at radius 2 is 2.03 bits per heavy atom. The molecule has 29 heavy (non-hydrogen) atoms. The molecule has 1 aromatic heterocycles. The predicted octanol–water partition coefficient (Wildman–Crippen LogP) is 2.30. The van der Waals surface area contributed by atoms with E-state index < -0.39 is 22.0 Å². The van der Waals surface area contributed by atoms with Gasteiger partial charge in [-0.1, -0.05) is 18.3 Å². The van der Waals surface area contributed by atoms with Crippen LogP contribution in [-0.4, -0.2) is 55.6 Å². The van der Waals surface area contributed by atoms with Gasteiger partial charge >= 0.3 is 0 Å². The third-order valence-electron chi connectivity index (χ3n) is 4.63. The van der Waals surface area contributed by atoms with E-state index in [0.717, 1.165) is 17.8 Å². The third-order valence-corrected chi connectivity index (χ3v) is 7.43. The van der Waals surface area contributed by atoms with E-state index in [2.05, 4.69) is 15.5 Å². The fraction of sp³-hybridized carbons (Fsp3) is 0.500. The minimum absolute atomic E-state index is 0.0518. The Labute approximate surface area is 174 Å². The molecule has 0 radical (unpaired) electrons. The standard InChI is InChI=1S/C18H24N4O5S2/c1-4-6-16-20-21-18(28-16)19-17(23)13-7-5-10-22(13)29(24,25)12-8-9-14(26-2)15(11-12)27-3/h8-9,11,13H,4-7,10H2,1-3H3,(H,19,21,23). The van der Waals surface area contributed by atoms with Crippen molar-refractivity contribution in [3.05, 3.63) is 23.2 Å². The smallest absolute Gasteiger partial charge is 0.244 e. The van der Waals surface area contributed by atoms with Gasteiger partial charge in [0.1, 0.15) is 11.0 Å². The first-order valence-corrected chi connectivity index (χ1v) is 11.5. The van der Waals surface area contributed by atoms with Crippen LogP contribution >= 0.6 is 11.3 Å². The number of ether oxygens (including phenoxy) is 2. The number of hydrogen-bond donors (Lipinski definition) is 1. The number of amides is 1. The van der Waals surface area contributed by atoms with Crippen molar-refractivity contribution in [2.45, 2.75) is 43.5 Å². The van der Waals surface area contributed by atoms with Gasteiger partial charge in [0, 0.05) is 19.0 Å². The van der Waals surface area contributed by atoms with Gasteiger partial charge in [0.15, 0.2) is 11.5 Å². The van der Waals surface area contributed by atoms with Gasteiger partial charge in [0.25, 0.3) is 0 Å². The van der Waals surface area contributed by atoms with Crippen molar-refractivity contribution >= 4 is 32.4 Å². The molecule has 0 spiro atoms. The number of sulfonamides is 1. The van der Waals surface area contributed by atoms with Crippen LogP contribution in [0.3, 0.4) is 0 Å². The number of carbonyl (C=O) groups excluding carboxylic acids is 1. The molecule has 1 aromatic carbocycles. The maximum atomic E-state index is 13.2. The summed E-state index contributed by atoms with van der Waals surface area (Å²) in [6, 6.07) is 3.59. The molecule has 11 heteroatoms. The summed E-state index contributed by atoms with van der Waals surface area (Å²) in [5.41, 5.74) is 0. The van der Waals surface area contributed by atoms with Gasteiger partial charge in [-0.25, -0.2) is 8.42 Å². The average molecular weight is 441 g/mol. The summed E-state index contributed by atoms with van der Waals surface area (Å²) in [7, 11) is -0.964. The first kappa shape index (κ1) is 21.5. The first-order chi connectivity index (χ1) is 13.9. The summed E-state index contributed by atoms with van der Waals surface area (Å²) in [4.78, 5) is 12.8. The molecule has 1 N–H and O–H groups in total. The Morgan fingerprint density at radius 1 is 1.28 bits per heavy atom. The van der Waals surface area contributed by atoms with Crippen LogP contribution in [0.25, 0.3) is 0 Å². The molecule has 1 atom stereocenters. The molecular formula is C18H24N4O5S2. The molecule has 158 valence electrons. The molecule has 1 aliphatic heterocycles. The van der Waals surface area contributed by atoms with Crippen molar-refractivity contribution in [3.8, 4) is 11.5 Å². The van der Waals surface area contributed by atoms with Crippen LogP contribution < -0.4 is 14.8 Å². The largest absolute Gasteiger partial charge is 0.493 e. The van der Waals surface area contributed by atoms with Crippen molar-refractivity contribution in [1.82, 2.24) is 14.5 Å². The zero-order chi connectivity index (χ0) is 21.0. The van der Waals surface area contributed by atoms with Crippen LogP contribution in [0.2, 0.25) is 0 Å². The average Bonchev–Trinajstić information content (AvgIpc) is 3.37. The molecule has 2 aromatic rings. The quantitative estimate of drug-likeness (QED) is 0.670. The maximum absolute atomic E-state index is 13.2. The summed E-state index contributed by atoms with van der Waals surface area (Å²) in [6.45, 7) is 2.31. The van der Waals surface area contributed by atoms with Crippen LogP contribution in [0, 0.1) is 0 Å². The van der Waals surface area contributed by atoms with Gasteiger partial charge < -0.3 is 9.47 Å². The lowest BCUT2D eigenvalue weighted by molar-refractivity contribution is -0.119. The molecule has 0 saturated carbocycles. The molecule has 1 fully saturated rings. The highest BCUT2D eigenvalue weighted by molar-refractivity contribution is 7.89. The lowest BCUT2D eigenvalue weighted by Crippen LogP contribution is -2.43. The normalized spacial score (nSPS) is 17.3. The minimum atomic E-state index is -3.88. The molecule has 1 saturated heterocycles. The van der Waals surface area contributed by atoms with E-state index in [0.29, 0.717) is 29.5 Å². The number of nitrogens with one attached hydrogen (secondary N) is 1. The number of aromatic nitrogens is 2. The van der Waals surface area contributed by atoms with E-state index in [-0.39, 0.29) is 11.4 Å². The van der Waals surface area contributed by atoms with Gasteiger partial charge in [-0.3, -0.25) is 10.1 Å². The zero-order valence-corrected chi connectivity index (χ0v) is 18.2. The Bertz CT molecular complexity index is 976. The number of hydrogen-bond acceptors (Lipinski definition) is 8. The Kier molecular flexibility index (Phi) is 6.70. The number of nitrogens with zero attached hydrogens (tertiary/aromatic N) is 3. The molecule has 1 amide bonds. The van der Waals surface area contributed by atoms with Crippen LogP contribution in [0.4, 0.5) is 5.13 Å². The number of methoxy groups -OCH3 is 2. The number of anilines is 1. The van der Waals surface area contributed by atoms with E-state index in [1.54, 1.807) is 0 Å². The van der Waals surface area contributed by atoms with Crippen LogP contribution in [-0.2, 0) is 21.2 Å². The Balaban J connectivity index is 1.80. The summed E-state index contributed by atoms with van der Waals surface area (Å²) >= 11 is 1.31. The zero-order valence-electron chi connectivity index (χ0n) is 16.5. The molecule has 2 heterocycles. The van der Waals surface area contributed by atoms with Crippen LogP contribution in [0.15, 0.2) is 23.1 Å². The van der Waals surface area contributed by atoms with Crippen molar-refractivity contribution in [2.24, 2.45) is 0 Å². The lowest BCUT2D eigenvalue weighted by atomic mass is 10.2. The summed E-state index contributed by atoms with van der Waals surface area (Å²) in [5, 5.41) is 11.9. The number of benzene rings is 1. The van der Waals surface area contributed by atoms with Crippen LogP contribution in [0.5, 0.6) is 11.5 Å². The van der Waals surface area contributed by atoms with Gasteiger partial charge in [0.2, 0.25) is 21.1 Å². The number of carbonyl (C=O) groups is 1. The van der Waals surface area contributed by atoms with E-state index in [1.807, 2.05) is 6.92 Å². The monoisotopic (exact) mass is 440 g/mol. The highest BCUT2D eigenvalue weighted by Crippen LogP contribution is 2.33. The second-order valence-corrected chi connectivity index (χ2v) is 9.48. The highest BCUT2D eigenvalue weighted by Gasteiger charge is 2.40. The van der Waals surface area contributed by atoms with Crippen molar-refractivity contribution in [2.75, 3.05) is 26.1 Å². The van der Waals surface area contributed by atoms with E-state index in [4.69, 9.17) is 9.47 Å². The van der Waals surface area contributed by atoms with Gasteiger partial charge in [0.05, 0.1) is 19.1 Å². The van der Waals surface area contributed by atoms with Crippen molar-refractivity contribution in [1.29, 1.82) is 0 Å². The van der Waals surface area contributed by atoms with Crippen molar-refractivity contribution in [3.63, 3.8) is 0 Å². The van der Waals surface area contributed by atoms with Crippen LogP contribution in [0.1, 0.15) is 31.2 Å². The van der Waals surface area contributed by atoms with Gasteiger partial charge in [-0.05, 0) is 31.4 Å². The second kappa shape index (κ2) is 9.06. The summed E-state index contributed by atoms with van der Waals surface area (Å²) in [6.07, 6.45) is 2.76. The molecule has 1 unspecified atom stereocenters. The van der Waals surface area contributed by atoms with Crippen molar-refractivity contribution < 1.29 is 22.7 Å². The maximum Gasteiger partial charge on any atom is 0.244 e. The van der Waals surface area contributed by atoms with E-state index in [1.165, 1.54) is 48.1 Å². The summed E-state index contributed by atoms with van der Waals surface area (Å²) < 4.78 is 38.0. The van der Waals surface area contributed by atoms with E-state index in [9.17, 15) is 13.2 Å². The fourth-order valence-corrected chi connectivity index (χ4v) is 5.73. The molecular weight excluding hydrogens is 416 g/mol. The molecule has 1 aliphatic rings. The molecule has 0 bridgehead atoms. The predicted molar refractivity (Wildman–Crippen MR) is 109 cm³/mol. The molecule has 3 rings (SSSR count). The third kappa shape index (κ3) is 4.51. The SMILES string of the molecule is CCCc1nnc(NC(=O)C2CCCN2S(=O)(=O)c2ccc(OC)c(OC)c2)s1. The number of rotatable bonds is 8. The Hall–Kier alpha value is -2.24.